The van der Waals surface area contributed by atoms with Crippen molar-refractivity contribution in [1.29, 1.82) is 0 Å². The zero-order valence-corrected chi connectivity index (χ0v) is 20.7. The molecule has 4 rings (SSSR count). The third-order valence-corrected chi connectivity index (χ3v) is 7.42. The predicted octanol–water partition coefficient (Wildman–Crippen LogP) is 3.18. The van der Waals surface area contributed by atoms with Crippen molar-refractivity contribution >= 4 is 29.6 Å². The van der Waals surface area contributed by atoms with Crippen molar-refractivity contribution < 1.29 is 29.0 Å². The lowest BCUT2D eigenvalue weighted by Gasteiger charge is -2.35. The van der Waals surface area contributed by atoms with E-state index in [0.29, 0.717) is 6.54 Å². The Morgan fingerprint density at radius 2 is 1.77 bits per heavy atom. The van der Waals surface area contributed by atoms with Crippen molar-refractivity contribution in [2.75, 3.05) is 18.0 Å². The van der Waals surface area contributed by atoms with Crippen molar-refractivity contribution in [3.63, 3.8) is 0 Å². The molecule has 0 aromatic heterocycles. The maximum Gasteiger partial charge on any atom is 0.408 e. The zero-order valence-electron chi connectivity index (χ0n) is 20.7. The first-order valence-corrected chi connectivity index (χ1v) is 12.3. The summed E-state index contributed by atoms with van der Waals surface area (Å²) in [6.07, 6.45) is 3.19. The van der Waals surface area contributed by atoms with Gasteiger partial charge in [0.2, 0.25) is 11.8 Å². The molecule has 3 aliphatic rings. The molecule has 9 heteroatoms. The van der Waals surface area contributed by atoms with Gasteiger partial charge in [0.05, 0.1) is 0 Å². The van der Waals surface area contributed by atoms with Crippen LogP contribution in [0.1, 0.15) is 59.3 Å². The number of para-hydroxylation sites is 1. The number of carboxylic acid groups (broad SMARTS) is 1. The van der Waals surface area contributed by atoms with E-state index in [0.717, 1.165) is 31.4 Å². The number of aliphatic carboxylic acids is 1. The van der Waals surface area contributed by atoms with E-state index < -0.39 is 40.9 Å². The number of nitrogens with one attached hydrogen (secondary N) is 1. The first kappa shape index (κ1) is 25.0. The molecule has 1 aromatic rings. The summed E-state index contributed by atoms with van der Waals surface area (Å²) in [6, 6.07) is 7.23. The summed E-state index contributed by atoms with van der Waals surface area (Å²) in [5, 5.41) is 12.7. The summed E-state index contributed by atoms with van der Waals surface area (Å²) in [5.41, 5.74) is -0.570. The molecule has 3 amide bonds. The van der Waals surface area contributed by atoms with Crippen LogP contribution in [0.4, 0.5) is 10.5 Å². The van der Waals surface area contributed by atoms with Crippen LogP contribution in [0.2, 0.25) is 0 Å². The van der Waals surface area contributed by atoms with Gasteiger partial charge in [0.1, 0.15) is 18.2 Å². The van der Waals surface area contributed by atoms with Crippen molar-refractivity contribution in [2.24, 2.45) is 10.8 Å². The number of likely N-dealkylation sites (tertiary alicyclic amines) is 1. The topological polar surface area (TPSA) is 116 Å². The molecule has 2 heterocycles. The van der Waals surface area contributed by atoms with Gasteiger partial charge in [-0.05, 0) is 49.7 Å². The number of ether oxygens (including phenoxy) is 1. The van der Waals surface area contributed by atoms with Gasteiger partial charge in [-0.25, -0.2) is 9.59 Å². The molecule has 190 valence electrons. The van der Waals surface area contributed by atoms with Gasteiger partial charge in [0, 0.05) is 30.6 Å². The number of carbonyl (C=O) groups excluding carboxylic acids is 3. The van der Waals surface area contributed by atoms with Crippen LogP contribution < -0.4 is 10.2 Å². The quantitative estimate of drug-likeness (QED) is 0.662. The Bertz CT molecular complexity index is 985. The highest BCUT2D eigenvalue weighted by molar-refractivity contribution is 5.97. The molecule has 0 bridgehead atoms. The predicted molar refractivity (Wildman–Crippen MR) is 129 cm³/mol. The van der Waals surface area contributed by atoms with E-state index in [1.165, 1.54) is 4.90 Å². The fraction of sp³-hybridized carbons (Fsp3) is 0.615. The van der Waals surface area contributed by atoms with Gasteiger partial charge in [0.25, 0.3) is 0 Å². The minimum absolute atomic E-state index is 0.0831. The molecular formula is C26H35N3O6. The second kappa shape index (κ2) is 9.51. The Morgan fingerprint density at radius 3 is 2.37 bits per heavy atom. The van der Waals surface area contributed by atoms with Gasteiger partial charge < -0.3 is 25.0 Å². The van der Waals surface area contributed by atoms with E-state index in [4.69, 9.17) is 4.74 Å². The highest BCUT2D eigenvalue weighted by atomic mass is 16.6. The summed E-state index contributed by atoms with van der Waals surface area (Å²) in [6.45, 7) is 5.96. The zero-order chi connectivity index (χ0) is 25.4. The number of hydrogen-bond acceptors (Lipinski definition) is 5. The molecule has 3 fully saturated rings. The molecule has 2 N–H and O–H groups in total. The number of nitrogens with zero attached hydrogens (tertiary/aromatic N) is 2. The average molecular weight is 486 g/mol. The summed E-state index contributed by atoms with van der Waals surface area (Å²) in [4.78, 5) is 54.5. The van der Waals surface area contributed by atoms with Gasteiger partial charge >= 0.3 is 12.1 Å². The average Bonchev–Trinajstić information content (AvgIpc) is 3.51. The molecule has 1 aromatic carbocycles. The fourth-order valence-electron chi connectivity index (χ4n) is 5.61. The van der Waals surface area contributed by atoms with Crippen LogP contribution in [0.3, 0.4) is 0 Å². The number of anilines is 1. The molecule has 2 aliphatic heterocycles. The van der Waals surface area contributed by atoms with Gasteiger partial charge in [0.15, 0.2) is 0 Å². The Morgan fingerprint density at radius 1 is 1.11 bits per heavy atom. The van der Waals surface area contributed by atoms with E-state index >= 15 is 0 Å². The van der Waals surface area contributed by atoms with Gasteiger partial charge in [-0.15, -0.1) is 0 Å². The number of hydrogen-bond donors (Lipinski definition) is 2. The molecule has 35 heavy (non-hydrogen) atoms. The van der Waals surface area contributed by atoms with E-state index in [1.807, 2.05) is 51.1 Å². The van der Waals surface area contributed by atoms with Gasteiger partial charge in [-0.3, -0.25) is 9.59 Å². The first-order valence-electron chi connectivity index (χ1n) is 12.3. The Hall–Kier alpha value is -3.10. The van der Waals surface area contributed by atoms with Crippen LogP contribution in [0.25, 0.3) is 0 Å². The third-order valence-electron chi connectivity index (χ3n) is 7.42. The van der Waals surface area contributed by atoms with E-state index in [9.17, 15) is 24.3 Å². The van der Waals surface area contributed by atoms with E-state index in [1.54, 1.807) is 4.90 Å². The first-order chi connectivity index (χ1) is 16.5. The summed E-state index contributed by atoms with van der Waals surface area (Å²) in [7, 11) is 0. The molecule has 1 spiro atoms. The Kier molecular flexibility index (Phi) is 6.79. The number of carboxylic acids is 1. The van der Waals surface area contributed by atoms with E-state index in [-0.39, 0.29) is 31.4 Å². The maximum absolute atomic E-state index is 13.7. The minimum Gasteiger partial charge on any atom is -0.480 e. The highest BCUT2D eigenvalue weighted by Crippen LogP contribution is 2.45. The van der Waals surface area contributed by atoms with Crippen LogP contribution in [0, 0.1) is 10.8 Å². The van der Waals surface area contributed by atoms with Crippen molar-refractivity contribution in [3.8, 4) is 0 Å². The summed E-state index contributed by atoms with van der Waals surface area (Å²) >= 11 is 0. The molecule has 2 saturated heterocycles. The largest absolute Gasteiger partial charge is 0.480 e. The number of amides is 3. The highest BCUT2D eigenvalue weighted by Gasteiger charge is 2.56. The standard InChI is InChI=1S/C26H35N3O6/c1-25(2,3)21(27-24(34)35-18-11-7-8-12-18)22(31)29-16-26(13-19(29)23(32)33)14-20(30)28(15-26)17-9-5-4-6-10-17/h4-6,9-10,18-19,21H,7-8,11-16H2,1-3H3,(H,27,34)(H,32,33)/t19-,21?,26+/m0/s1. The van der Waals surface area contributed by atoms with Crippen molar-refractivity contribution in [1.82, 2.24) is 10.2 Å². The second-order valence-corrected chi connectivity index (χ2v) is 11.3. The SMILES string of the molecule is CC(C)(C)C(NC(=O)OC1CCCC1)C(=O)N1C[C@@]2(CC(=O)N(c3ccccc3)C2)C[C@H]1C(=O)O. The Labute approximate surface area is 205 Å². The number of alkyl carbamates (subject to hydrolysis) is 1. The van der Waals surface area contributed by atoms with Crippen molar-refractivity contribution in [2.45, 2.75) is 77.5 Å². The number of benzene rings is 1. The van der Waals surface area contributed by atoms with Crippen LogP contribution in [-0.2, 0) is 19.1 Å². The third kappa shape index (κ3) is 5.28. The van der Waals surface area contributed by atoms with Gasteiger partial charge in [-0.2, -0.15) is 0 Å². The molecule has 1 unspecified atom stereocenters. The smallest absolute Gasteiger partial charge is 0.408 e. The maximum atomic E-state index is 13.7. The molecular weight excluding hydrogens is 450 g/mol. The molecule has 0 radical (unpaired) electrons. The number of carbonyl (C=O) groups is 4. The van der Waals surface area contributed by atoms with Crippen molar-refractivity contribution in [3.05, 3.63) is 30.3 Å². The van der Waals surface area contributed by atoms with Crippen LogP contribution in [-0.4, -0.2) is 65.2 Å². The minimum atomic E-state index is -1.11. The lowest BCUT2D eigenvalue weighted by Crippen LogP contribution is -2.57. The van der Waals surface area contributed by atoms with Crippen LogP contribution in [0.15, 0.2) is 30.3 Å². The monoisotopic (exact) mass is 485 g/mol. The fourth-order valence-corrected chi connectivity index (χ4v) is 5.61. The van der Waals surface area contributed by atoms with Gasteiger partial charge in [-0.1, -0.05) is 39.0 Å². The molecule has 1 saturated carbocycles. The van der Waals surface area contributed by atoms with Crippen LogP contribution >= 0.6 is 0 Å². The molecule has 1 aliphatic carbocycles. The normalized spacial score (nSPS) is 25.8. The second-order valence-electron chi connectivity index (χ2n) is 11.3. The van der Waals surface area contributed by atoms with E-state index in [2.05, 4.69) is 5.32 Å². The summed E-state index contributed by atoms with van der Waals surface area (Å²) in [5.74, 6) is -1.65. The Balaban J connectivity index is 1.53. The summed E-state index contributed by atoms with van der Waals surface area (Å²) < 4.78 is 5.51. The molecule has 3 atom stereocenters. The molecule has 9 nitrogen and oxygen atoms in total. The lowest BCUT2D eigenvalue weighted by atomic mass is 9.84. The lowest BCUT2D eigenvalue weighted by molar-refractivity contribution is -0.150. The number of rotatable bonds is 5. The van der Waals surface area contributed by atoms with Crippen LogP contribution in [0.5, 0.6) is 0 Å².